The summed E-state index contributed by atoms with van der Waals surface area (Å²) in [5.74, 6) is -3.21. The second-order valence-corrected chi connectivity index (χ2v) is 15.6. The van der Waals surface area contributed by atoms with Crippen molar-refractivity contribution in [2.75, 3.05) is 41.9 Å². The summed E-state index contributed by atoms with van der Waals surface area (Å²) in [4.78, 5) is 72.5. The van der Waals surface area contributed by atoms with Crippen molar-refractivity contribution in [2.45, 2.75) is 123 Å². The van der Waals surface area contributed by atoms with Gasteiger partial charge in [-0.3, -0.25) is 24.1 Å². The number of ether oxygens (including phenoxy) is 2. The number of aliphatic carboxylic acids is 1. The molecule has 1 aromatic carbocycles. The lowest BCUT2D eigenvalue weighted by Crippen LogP contribution is -2.59. The van der Waals surface area contributed by atoms with Crippen LogP contribution in [0.25, 0.3) is 0 Å². The molecule has 1 aliphatic heterocycles. The summed E-state index contributed by atoms with van der Waals surface area (Å²) in [5, 5.41) is 15.6. The third kappa shape index (κ3) is 12.2. The number of carbonyl (C=O) groups is 5. The first kappa shape index (κ1) is 45.6. The van der Waals surface area contributed by atoms with E-state index in [-0.39, 0.29) is 48.3 Å². The van der Waals surface area contributed by atoms with Gasteiger partial charge >= 0.3 is 5.97 Å². The van der Waals surface area contributed by atoms with Crippen molar-refractivity contribution < 1.29 is 38.6 Å². The summed E-state index contributed by atoms with van der Waals surface area (Å²) >= 11 is 0. The first-order valence-electron chi connectivity index (χ1n) is 19.1. The zero-order chi connectivity index (χ0) is 40.2. The Labute approximate surface area is 317 Å². The van der Waals surface area contributed by atoms with Crippen molar-refractivity contribution in [2.24, 2.45) is 23.7 Å². The zero-order valence-corrected chi connectivity index (χ0v) is 34.1. The van der Waals surface area contributed by atoms with Crippen molar-refractivity contribution >= 4 is 29.6 Å². The highest BCUT2D eigenvalue weighted by atomic mass is 16.5. The van der Waals surface area contributed by atoms with Gasteiger partial charge in [-0.1, -0.05) is 85.2 Å². The Morgan fingerprint density at radius 3 is 2.02 bits per heavy atom. The van der Waals surface area contributed by atoms with Crippen LogP contribution in [0.3, 0.4) is 0 Å². The van der Waals surface area contributed by atoms with Gasteiger partial charge < -0.3 is 35.0 Å². The molecule has 0 bridgehead atoms. The van der Waals surface area contributed by atoms with E-state index in [1.807, 2.05) is 90.9 Å². The van der Waals surface area contributed by atoms with Gasteiger partial charge in [-0.25, -0.2) is 4.79 Å². The average Bonchev–Trinajstić information content (AvgIpc) is 3.59. The van der Waals surface area contributed by atoms with Crippen LogP contribution in [0.4, 0.5) is 0 Å². The number of carboxylic acids is 1. The van der Waals surface area contributed by atoms with Crippen molar-refractivity contribution in [3.05, 3.63) is 35.9 Å². The average molecular weight is 746 g/mol. The summed E-state index contributed by atoms with van der Waals surface area (Å²) in [6.07, 6.45) is 0.820. The fourth-order valence-electron chi connectivity index (χ4n) is 7.76. The van der Waals surface area contributed by atoms with E-state index in [9.17, 15) is 29.1 Å². The summed E-state index contributed by atoms with van der Waals surface area (Å²) in [6, 6.07) is 5.89. The van der Waals surface area contributed by atoms with Gasteiger partial charge in [0.25, 0.3) is 0 Å². The smallest absolute Gasteiger partial charge is 0.326 e. The minimum Gasteiger partial charge on any atom is -0.480 e. The summed E-state index contributed by atoms with van der Waals surface area (Å²) in [7, 11) is 8.44. The molecule has 0 spiro atoms. The number of nitrogens with one attached hydrogen (secondary N) is 2. The number of methoxy groups -OCH3 is 2. The van der Waals surface area contributed by atoms with E-state index in [1.165, 1.54) is 14.2 Å². The molecule has 1 heterocycles. The molecule has 1 aliphatic rings. The Morgan fingerprint density at radius 1 is 0.906 bits per heavy atom. The first-order chi connectivity index (χ1) is 24.9. The van der Waals surface area contributed by atoms with E-state index >= 15 is 0 Å². The van der Waals surface area contributed by atoms with Crippen LogP contribution in [0.5, 0.6) is 0 Å². The molecule has 3 unspecified atom stereocenters. The van der Waals surface area contributed by atoms with Gasteiger partial charge in [0, 0.05) is 34.2 Å². The second-order valence-electron chi connectivity index (χ2n) is 15.6. The van der Waals surface area contributed by atoms with Crippen LogP contribution >= 0.6 is 0 Å². The lowest BCUT2D eigenvalue weighted by molar-refractivity contribution is -0.148. The van der Waals surface area contributed by atoms with Crippen molar-refractivity contribution in [1.29, 1.82) is 0 Å². The van der Waals surface area contributed by atoms with Crippen molar-refractivity contribution in [3.63, 3.8) is 0 Å². The highest BCUT2D eigenvalue weighted by Crippen LogP contribution is 2.30. The molecular weight excluding hydrogens is 678 g/mol. The Bertz CT molecular complexity index is 1330. The zero-order valence-electron chi connectivity index (χ0n) is 34.1. The predicted octanol–water partition coefficient (Wildman–Crippen LogP) is 3.45. The number of hydrogen-bond acceptors (Lipinski definition) is 8. The van der Waals surface area contributed by atoms with Gasteiger partial charge in [0.15, 0.2) is 0 Å². The summed E-state index contributed by atoms with van der Waals surface area (Å²) in [5.41, 5.74) is 0.785. The van der Waals surface area contributed by atoms with Gasteiger partial charge in [0.1, 0.15) is 12.1 Å². The monoisotopic (exact) mass is 745 g/mol. The number of carbonyl (C=O) groups excluding carboxylic acids is 4. The molecule has 0 aliphatic carbocycles. The third-order valence-electron chi connectivity index (χ3n) is 10.8. The fourth-order valence-corrected chi connectivity index (χ4v) is 7.76. The molecule has 9 atom stereocenters. The van der Waals surface area contributed by atoms with Crippen LogP contribution in [-0.2, 0) is 39.9 Å². The topological polar surface area (TPSA) is 158 Å². The van der Waals surface area contributed by atoms with E-state index in [2.05, 4.69) is 10.6 Å². The van der Waals surface area contributed by atoms with E-state index in [0.29, 0.717) is 19.4 Å². The summed E-state index contributed by atoms with van der Waals surface area (Å²) in [6.45, 7) is 13.9. The number of benzene rings is 1. The molecule has 2 rings (SSSR count). The molecule has 13 heteroatoms. The highest BCUT2D eigenvalue weighted by Gasteiger charge is 2.43. The van der Waals surface area contributed by atoms with Crippen LogP contribution < -0.4 is 10.6 Å². The quantitative estimate of drug-likeness (QED) is 0.172. The molecule has 4 amide bonds. The standard InChI is InChI=1S/C40H67N5O8/c1-13-26(6)35(44(10)39(49)33(24(2)3)42-38(48)34(25(4)5)43(8)9)31(52-11)23-32(46)45-21-17-20-30(45)36(53-12)27(7)37(47)41-29(40(50)51)22-28-18-15-14-16-19-28/h14-16,18-19,24-27,29-31,33-36H,13,17,20-23H2,1-12H3,(H,41,47)(H,42,48)(H,50,51)/t26-,27+,29?,30-,31+,33?,34-,35?,36+/m0/s1. The maximum Gasteiger partial charge on any atom is 0.326 e. The van der Waals surface area contributed by atoms with Crippen molar-refractivity contribution in [1.82, 2.24) is 25.3 Å². The Kier molecular flexibility index (Phi) is 18.4. The highest BCUT2D eigenvalue weighted by molar-refractivity contribution is 5.90. The molecule has 0 aromatic heterocycles. The molecular formula is C40H67N5O8. The number of likely N-dealkylation sites (tertiary alicyclic amines) is 1. The molecule has 1 fully saturated rings. The number of likely N-dealkylation sites (N-methyl/N-ethyl adjacent to an activating group) is 2. The van der Waals surface area contributed by atoms with E-state index in [0.717, 1.165) is 12.0 Å². The maximum absolute atomic E-state index is 14.2. The SMILES string of the molecule is CC[C@H](C)C([C@@H](CC(=O)N1CCC[C@H]1[C@H](OC)[C@@H](C)C(=O)NC(Cc1ccccc1)C(=O)O)OC)N(C)C(=O)C(NC(=O)[C@H](C(C)C)N(C)C)C(C)C. The van der Waals surface area contributed by atoms with Gasteiger partial charge in [0.2, 0.25) is 23.6 Å². The van der Waals surface area contributed by atoms with E-state index in [4.69, 9.17) is 9.47 Å². The van der Waals surface area contributed by atoms with Crippen LogP contribution in [0.2, 0.25) is 0 Å². The van der Waals surface area contributed by atoms with E-state index < -0.39 is 60.2 Å². The number of hydrogen-bond donors (Lipinski definition) is 3. The Balaban J connectivity index is 2.27. The normalized spacial score (nSPS) is 19.2. The molecule has 13 nitrogen and oxygen atoms in total. The molecule has 3 N–H and O–H groups in total. The lowest BCUT2D eigenvalue weighted by atomic mass is 9.89. The molecule has 0 saturated carbocycles. The molecule has 1 aromatic rings. The van der Waals surface area contributed by atoms with Crippen LogP contribution in [0, 0.1) is 23.7 Å². The third-order valence-corrected chi connectivity index (χ3v) is 10.8. The number of amides is 4. The van der Waals surface area contributed by atoms with Crippen LogP contribution in [0.1, 0.15) is 79.7 Å². The number of nitrogens with zero attached hydrogens (tertiary/aromatic N) is 3. The van der Waals surface area contributed by atoms with Gasteiger partial charge in [0.05, 0.1) is 42.7 Å². The minimum absolute atomic E-state index is 0.0104. The van der Waals surface area contributed by atoms with Crippen LogP contribution in [-0.4, -0.2) is 134 Å². The Hall–Kier alpha value is -3.55. The van der Waals surface area contributed by atoms with Gasteiger partial charge in [-0.2, -0.15) is 0 Å². The fraction of sp³-hybridized carbons (Fsp3) is 0.725. The van der Waals surface area contributed by atoms with E-state index in [1.54, 1.807) is 23.8 Å². The predicted molar refractivity (Wildman–Crippen MR) is 205 cm³/mol. The minimum atomic E-state index is -1.14. The van der Waals surface area contributed by atoms with Crippen LogP contribution in [0.15, 0.2) is 30.3 Å². The lowest BCUT2D eigenvalue weighted by Gasteiger charge is -2.41. The molecule has 300 valence electrons. The second kappa shape index (κ2) is 21.4. The molecule has 1 saturated heterocycles. The molecule has 53 heavy (non-hydrogen) atoms. The maximum atomic E-state index is 14.2. The number of rotatable bonds is 21. The van der Waals surface area contributed by atoms with Gasteiger partial charge in [-0.15, -0.1) is 0 Å². The largest absolute Gasteiger partial charge is 0.480 e. The van der Waals surface area contributed by atoms with Crippen molar-refractivity contribution in [3.8, 4) is 0 Å². The number of carboxylic acid groups (broad SMARTS) is 1. The first-order valence-corrected chi connectivity index (χ1v) is 19.1. The molecule has 0 radical (unpaired) electrons. The summed E-state index contributed by atoms with van der Waals surface area (Å²) < 4.78 is 11.9. The Morgan fingerprint density at radius 2 is 1.53 bits per heavy atom. The van der Waals surface area contributed by atoms with Gasteiger partial charge in [-0.05, 0) is 50.3 Å².